The molecule has 1 nitrogen and oxygen atoms in total. The second-order valence-electron chi connectivity index (χ2n) is 3.98. The second-order valence-corrected chi connectivity index (χ2v) is 3.98. The molecule has 1 aliphatic carbocycles. The average molecular weight is 140 g/mol. The zero-order chi connectivity index (χ0) is 7.19. The van der Waals surface area contributed by atoms with Gasteiger partial charge in [-0.05, 0) is 24.7 Å². The summed E-state index contributed by atoms with van der Waals surface area (Å²) in [7, 11) is 0. The molecule has 1 saturated heterocycles. The van der Waals surface area contributed by atoms with Gasteiger partial charge in [-0.15, -0.1) is 0 Å². The van der Waals surface area contributed by atoms with E-state index in [2.05, 4.69) is 13.8 Å². The predicted molar refractivity (Wildman–Crippen MR) is 40.9 cm³/mol. The molecule has 1 saturated carbocycles. The molecule has 2 rings (SSSR count). The fraction of sp³-hybridized carbons (Fsp3) is 1.00. The Morgan fingerprint density at radius 2 is 1.70 bits per heavy atom. The van der Waals surface area contributed by atoms with Gasteiger partial charge >= 0.3 is 0 Å². The van der Waals surface area contributed by atoms with Crippen molar-refractivity contribution in [2.45, 2.75) is 38.7 Å². The van der Waals surface area contributed by atoms with Gasteiger partial charge < -0.3 is 4.74 Å². The lowest BCUT2D eigenvalue weighted by atomic mass is 9.74. The van der Waals surface area contributed by atoms with E-state index in [1.807, 2.05) is 0 Å². The minimum absolute atomic E-state index is 0.345. The standard InChI is InChI=1S/C9H16O/c1-7-4-3-5-8(2)9(7)6-10-9/h7-8H,3-6H2,1-2H3. The molecule has 1 heterocycles. The van der Waals surface area contributed by atoms with E-state index in [-0.39, 0.29) is 0 Å². The monoisotopic (exact) mass is 140 g/mol. The minimum Gasteiger partial charge on any atom is -0.369 e. The van der Waals surface area contributed by atoms with Crippen molar-refractivity contribution < 1.29 is 4.74 Å². The van der Waals surface area contributed by atoms with E-state index in [9.17, 15) is 0 Å². The van der Waals surface area contributed by atoms with Crippen molar-refractivity contribution in [1.29, 1.82) is 0 Å². The minimum atomic E-state index is 0.345. The van der Waals surface area contributed by atoms with Crippen LogP contribution in [0.15, 0.2) is 0 Å². The van der Waals surface area contributed by atoms with Crippen LogP contribution in [0.2, 0.25) is 0 Å². The first kappa shape index (κ1) is 6.66. The average Bonchev–Trinajstić information content (AvgIpc) is 2.64. The lowest BCUT2D eigenvalue weighted by molar-refractivity contribution is 0.114. The first-order chi connectivity index (χ1) is 4.76. The smallest absolute Gasteiger partial charge is 0.0967 e. The molecule has 10 heavy (non-hydrogen) atoms. The van der Waals surface area contributed by atoms with E-state index in [1.54, 1.807) is 0 Å². The molecule has 2 atom stereocenters. The van der Waals surface area contributed by atoms with Crippen LogP contribution in [0.4, 0.5) is 0 Å². The number of hydrogen-bond donors (Lipinski definition) is 0. The van der Waals surface area contributed by atoms with Crippen molar-refractivity contribution in [2.24, 2.45) is 11.8 Å². The molecule has 2 fully saturated rings. The van der Waals surface area contributed by atoms with E-state index in [4.69, 9.17) is 4.74 Å². The van der Waals surface area contributed by atoms with Crippen molar-refractivity contribution in [3.8, 4) is 0 Å². The van der Waals surface area contributed by atoms with E-state index < -0.39 is 0 Å². The Kier molecular flexibility index (Phi) is 1.31. The van der Waals surface area contributed by atoms with Crippen LogP contribution in [-0.2, 0) is 4.74 Å². The molecule has 1 aliphatic heterocycles. The maximum absolute atomic E-state index is 5.56. The first-order valence-electron chi connectivity index (χ1n) is 4.39. The molecule has 1 heteroatoms. The number of ether oxygens (including phenoxy) is 1. The van der Waals surface area contributed by atoms with Crippen LogP contribution in [0.3, 0.4) is 0 Å². The number of rotatable bonds is 0. The highest BCUT2D eigenvalue weighted by Gasteiger charge is 2.54. The lowest BCUT2D eigenvalue weighted by Gasteiger charge is -2.31. The van der Waals surface area contributed by atoms with E-state index >= 15 is 0 Å². The molecule has 2 unspecified atom stereocenters. The molecule has 0 aromatic heterocycles. The molecule has 58 valence electrons. The van der Waals surface area contributed by atoms with Gasteiger partial charge in [0.2, 0.25) is 0 Å². The van der Waals surface area contributed by atoms with Crippen molar-refractivity contribution in [3.05, 3.63) is 0 Å². The zero-order valence-corrected chi connectivity index (χ0v) is 6.89. The number of hydrogen-bond acceptors (Lipinski definition) is 1. The van der Waals surface area contributed by atoms with Crippen molar-refractivity contribution in [2.75, 3.05) is 6.61 Å². The van der Waals surface area contributed by atoms with Gasteiger partial charge in [-0.25, -0.2) is 0 Å². The van der Waals surface area contributed by atoms with Gasteiger partial charge in [-0.2, -0.15) is 0 Å². The Bertz CT molecular complexity index is 126. The summed E-state index contributed by atoms with van der Waals surface area (Å²) in [6.07, 6.45) is 4.17. The largest absolute Gasteiger partial charge is 0.369 e. The van der Waals surface area contributed by atoms with Crippen molar-refractivity contribution in [1.82, 2.24) is 0 Å². The summed E-state index contributed by atoms with van der Waals surface area (Å²) < 4.78 is 5.56. The van der Waals surface area contributed by atoms with Gasteiger partial charge in [0.1, 0.15) is 0 Å². The topological polar surface area (TPSA) is 12.5 Å². The fourth-order valence-corrected chi connectivity index (χ4v) is 2.36. The Hall–Kier alpha value is -0.0400. The third kappa shape index (κ3) is 0.731. The summed E-state index contributed by atoms with van der Waals surface area (Å²) >= 11 is 0. The first-order valence-corrected chi connectivity index (χ1v) is 4.39. The summed E-state index contributed by atoms with van der Waals surface area (Å²) in [5.74, 6) is 1.63. The second kappa shape index (κ2) is 1.97. The summed E-state index contributed by atoms with van der Waals surface area (Å²) in [6, 6.07) is 0. The van der Waals surface area contributed by atoms with Crippen LogP contribution in [0.25, 0.3) is 0 Å². The molecule has 1 spiro atoms. The fourth-order valence-electron chi connectivity index (χ4n) is 2.36. The van der Waals surface area contributed by atoms with E-state index in [0.29, 0.717) is 5.60 Å². The van der Waals surface area contributed by atoms with Crippen molar-refractivity contribution in [3.63, 3.8) is 0 Å². The molecule has 0 N–H and O–H groups in total. The van der Waals surface area contributed by atoms with Crippen LogP contribution in [0.5, 0.6) is 0 Å². The van der Waals surface area contributed by atoms with Gasteiger partial charge in [-0.3, -0.25) is 0 Å². The van der Waals surface area contributed by atoms with Gasteiger partial charge in [0.15, 0.2) is 0 Å². The number of epoxide rings is 1. The zero-order valence-electron chi connectivity index (χ0n) is 6.89. The van der Waals surface area contributed by atoms with E-state index in [1.165, 1.54) is 19.3 Å². The van der Waals surface area contributed by atoms with Crippen LogP contribution >= 0.6 is 0 Å². The van der Waals surface area contributed by atoms with Crippen molar-refractivity contribution >= 4 is 0 Å². The Balaban J connectivity index is 2.11. The third-order valence-corrected chi connectivity index (χ3v) is 3.42. The Morgan fingerprint density at radius 1 is 1.20 bits per heavy atom. The highest BCUT2D eigenvalue weighted by molar-refractivity contribution is 5.02. The third-order valence-electron chi connectivity index (χ3n) is 3.42. The predicted octanol–water partition coefficient (Wildman–Crippen LogP) is 2.21. The van der Waals surface area contributed by atoms with Gasteiger partial charge in [0.05, 0.1) is 12.2 Å². The summed E-state index contributed by atoms with van der Waals surface area (Å²) in [5.41, 5.74) is 0.345. The molecule has 0 bridgehead atoms. The van der Waals surface area contributed by atoms with E-state index in [0.717, 1.165) is 18.4 Å². The summed E-state index contributed by atoms with van der Waals surface area (Å²) in [6.45, 7) is 5.71. The maximum Gasteiger partial charge on any atom is 0.0967 e. The van der Waals surface area contributed by atoms with Crippen LogP contribution in [0.1, 0.15) is 33.1 Å². The summed E-state index contributed by atoms with van der Waals surface area (Å²) in [4.78, 5) is 0. The Labute approximate surface area is 62.8 Å². The molecule has 2 aliphatic rings. The molecule has 0 amide bonds. The molecule has 0 aromatic carbocycles. The van der Waals surface area contributed by atoms with Gasteiger partial charge in [0.25, 0.3) is 0 Å². The highest BCUT2D eigenvalue weighted by Crippen LogP contribution is 2.49. The molecular weight excluding hydrogens is 124 g/mol. The van der Waals surface area contributed by atoms with Crippen LogP contribution in [-0.4, -0.2) is 12.2 Å². The van der Waals surface area contributed by atoms with Crippen LogP contribution < -0.4 is 0 Å². The normalized spacial score (nSPS) is 53.4. The molecule has 0 radical (unpaired) electrons. The lowest BCUT2D eigenvalue weighted by Crippen LogP contribution is -2.33. The molecule has 0 aromatic rings. The van der Waals surface area contributed by atoms with Gasteiger partial charge in [-0.1, -0.05) is 20.3 Å². The quantitative estimate of drug-likeness (QED) is 0.470. The highest BCUT2D eigenvalue weighted by atomic mass is 16.6. The summed E-state index contributed by atoms with van der Waals surface area (Å²) in [5, 5.41) is 0. The van der Waals surface area contributed by atoms with Crippen LogP contribution in [0, 0.1) is 11.8 Å². The maximum atomic E-state index is 5.56. The Morgan fingerprint density at radius 3 is 2.00 bits per heavy atom. The SMILES string of the molecule is CC1CCCC(C)C12CO2. The molecular formula is C9H16O. The van der Waals surface area contributed by atoms with Gasteiger partial charge in [0, 0.05) is 0 Å².